The van der Waals surface area contributed by atoms with Crippen LogP contribution < -0.4 is 10.1 Å². The first kappa shape index (κ1) is 26.6. The van der Waals surface area contributed by atoms with Crippen LogP contribution in [-0.2, 0) is 11.3 Å². The van der Waals surface area contributed by atoms with Crippen LogP contribution in [0.4, 0.5) is 23.5 Å². The molecule has 15 heteroatoms. The highest BCUT2D eigenvalue weighted by atomic mass is 19.4. The van der Waals surface area contributed by atoms with Gasteiger partial charge in [-0.15, -0.1) is 10.2 Å². The van der Waals surface area contributed by atoms with Gasteiger partial charge in [-0.1, -0.05) is 11.3 Å². The fourth-order valence-corrected chi connectivity index (χ4v) is 4.62. The topological polar surface area (TPSA) is 106 Å². The molecule has 0 unspecified atom stereocenters. The van der Waals surface area contributed by atoms with E-state index in [-0.39, 0.29) is 36.3 Å². The first-order chi connectivity index (χ1) is 18.5. The molecule has 0 aliphatic carbocycles. The van der Waals surface area contributed by atoms with Crippen molar-refractivity contribution in [3.63, 3.8) is 0 Å². The van der Waals surface area contributed by atoms with Crippen LogP contribution in [0.5, 0.6) is 5.88 Å². The molecule has 1 aliphatic rings. The quantitative estimate of drug-likeness (QED) is 0.351. The number of hydrogen-bond donors (Lipinski definition) is 1. The number of hydrogen-bond acceptors (Lipinski definition) is 8. The fraction of sp³-hybridized carbons (Fsp3) is 0.458. The smallest absolute Gasteiger partial charge is 0.408 e. The first-order valence-corrected chi connectivity index (χ1v) is 12.2. The third kappa shape index (κ3) is 5.57. The van der Waals surface area contributed by atoms with Crippen molar-refractivity contribution in [1.29, 1.82) is 0 Å². The average molecular weight is 550 g/mol. The number of rotatable bonds is 7. The van der Waals surface area contributed by atoms with Gasteiger partial charge in [-0.3, -0.25) is 9.69 Å². The Bertz CT molecular complexity index is 1500. The van der Waals surface area contributed by atoms with Gasteiger partial charge in [0, 0.05) is 38.9 Å². The van der Waals surface area contributed by atoms with Crippen molar-refractivity contribution in [2.45, 2.75) is 31.4 Å². The summed E-state index contributed by atoms with van der Waals surface area (Å²) in [7, 11) is 4.76. The van der Waals surface area contributed by atoms with Crippen molar-refractivity contribution >= 4 is 28.4 Å². The molecule has 5 rings (SSSR count). The number of anilines is 1. The summed E-state index contributed by atoms with van der Waals surface area (Å²) in [6, 6.07) is 6.07. The number of nitrogens with zero attached hydrogens (tertiary/aromatic N) is 8. The van der Waals surface area contributed by atoms with Gasteiger partial charge in [0.05, 0.1) is 25.2 Å². The molecule has 2 atom stereocenters. The van der Waals surface area contributed by atoms with Crippen molar-refractivity contribution < 1.29 is 27.1 Å². The van der Waals surface area contributed by atoms with Crippen LogP contribution >= 0.6 is 0 Å². The van der Waals surface area contributed by atoms with Crippen LogP contribution in [0, 0.1) is 0 Å². The number of halogens is 4. The lowest BCUT2D eigenvalue weighted by atomic mass is 10.0. The van der Waals surface area contributed by atoms with E-state index in [0.717, 1.165) is 4.68 Å². The number of benzene rings is 1. The number of fused-ring (bicyclic) bond motifs is 2. The highest BCUT2D eigenvalue weighted by molar-refractivity contribution is 5.89. The lowest BCUT2D eigenvalue weighted by Crippen LogP contribution is -2.50. The van der Waals surface area contributed by atoms with E-state index in [9.17, 15) is 22.4 Å². The van der Waals surface area contributed by atoms with Crippen molar-refractivity contribution in [3.05, 3.63) is 30.5 Å². The number of ether oxygens (including phenoxy) is 1. The number of alkyl halides is 4. The molecule has 3 aromatic heterocycles. The second-order valence-corrected chi connectivity index (χ2v) is 9.61. The van der Waals surface area contributed by atoms with Gasteiger partial charge in [-0.25, -0.2) is 13.6 Å². The Hall–Kier alpha value is -4.01. The number of piperidine rings is 1. The summed E-state index contributed by atoms with van der Waals surface area (Å²) >= 11 is 0. The molecule has 0 bridgehead atoms. The fourth-order valence-electron chi connectivity index (χ4n) is 4.62. The summed E-state index contributed by atoms with van der Waals surface area (Å²) in [5, 5.41) is 15.0. The zero-order chi connectivity index (χ0) is 27.9. The van der Waals surface area contributed by atoms with Crippen molar-refractivity contribution in [3.8, 4) is 17.0 Å². The number of amides is 1. The van der Waals surface area contributed by atoms with Crippen LogP contribution in [0.2, 0.25) is 0 Å². The number of aromatic nitrogens is 6. The standard InChI is InChI=1S/C24H27F4N9O2/c1-34(2)20(38)12-35-8-7-17(16(25)11-35)29-23-30-22(39-3)21-15(6-9-36(21)32-23)14-4-5-18-19(10-14)37(33-31-18)13-24(26,27)28/h4-6,9-10,16-17H,7-8,11-13H2,1-3H3,(H,29,32)/t16-,17+/m1/s1. The predicted molar refractivity (Wildman–Crippen MR) is 134 cm³/mol. The molecular formula is C24H27F4N9O2. The van der Waals surface area contributed by atoms with E-state index < -0.39 is 24.9 Å². The van der Waals surface area contributed by atoms with Gasteiger partial charge in [0.2, 0.25) is 17.7 Å². The van der Waals surface area contributed by atoms with Gasteiger partial charge in [0.1, 0.15) is 23.7 Å². The molecule has 0 saturated carbocycles. The van der Waals surface area contributed by atoms with Gasteiger partial charge in [-0.2, -0.15) is 18.2 Å². The lowest BCUT2D eigenvalue weighted by molar-refractivity contribution is -0.142. The maximum atomic E-state index is 15.0. The Labute approximate surface area is 220 Å². The Morgan fingerprint density at radius 1 is 1.26 bits per heavy atom. The molecule has 11 nitrogen and oxygen atoms in total. The van der Waals surface area contributed by atoms with Gasteiger partial charge in [0.25, 0.3) is 0 Å². The SMILES string of the molecule is COc1nc(N[C@H]2CCN(CC(=O)N(C)C)C[C@H]2F)nn2ccc(-c3ccc4nnn(CC(F)(F)F)c4c3)c12. The van der Waals surface area contributed by atoms with Crippen LogP contribution in [0.3, 0.4) is 0 Å². The molecule has 1 fully saturated rings. The molecule has 4 aromatic rings. The molecule has 1 amide bonds. The molecule has 208 valence electrons. The summed E-state index contributed by atoms with van der Waals surface area (Å²) in [6.07, 6.45) is -3.58. The second kappa shape index (κ2) is 10.3. The summed E-state index contributed by atoms with van der Waals surface area (Å²) < 4.78 is 61.8. The van der Waals surface area contributed by atoms with E-state index in [1.54, 1.807) is 49.5 Å². The minimum absolute atomic E-state index is 0.0873. The number of nitrogens with one attached hydrogen (secondary N) is 1. The summed E-state index contributed by atoms with van der Waals surface area (Å²) in [4.78, 5) is 19.7. The molecule has 1 N–H and O–H groups in total. The number of carbonyl (C=O) groups excluding carboxylic acids is 1. The number of carbonyl (C=O) groups is 1. The molecular weight excluding hydrogens is 522 g/mol. The highest BCUT2D eigenvalue weighted by Crippen LogP contribution is 2.33. The van der Waals surface area contributed by atoms with Crippen LogP contribution in [0.1, 0.15) is 6.42 Å². The van der Waals surface area contributed by atoms with E-state index in [2.05, 4.69) is 25.7 Å². The third-order valence-corrected chi connectivity index (χ3v) is 6.62. The number of likely N-dealkylation sites (tertiary alicyclic amines) is 1. The number of methoxy groups -OCH3 is 1. The molecule has 1 aromatic carbocycles. The minimum atomic E-state index is -4.45. The summed E-state index contributed by atoms with van der Waals surface area (Å²) in [5.74, 6) is 0.282. The molecule has 39 heavy (non-hydrogen) atoms. The highest BCUT2D eigenvalue weighted by Gasteiger charge is 2.32. The van der Waals surface area contributed by atoms with Gasteiger partial charge in [0.15, 0.2) is 0 Å². The predicted octanol–water partition coefficient (Wildman–Crippen LogP) is 2.62. The monoisotopic (exact) mass is 549 g/mol. The van der Waals surface area contributed by atoms with E-state index in [0.29, 0.717) is 35.1 Å². The van der Waals surface area contributed by atoms with Gasteiger partial charge in [-0.05, 0) is 30.2 Å². The molecule has 4 heterocycles. The first-order valence-electron chi connectivity index (χ1n) is 12.2. The van der Waals surface area contributed by atoms with E-state index in [4.69, 9.17) is 4.74 Å². The zero-order valence-electron chi connectivity index (χ0n) is 21.5. The minimum Gasteiger partial charge on any atom is -0.479 e. The second-order valence-electron chi connectivity index (χ2n) is 9.61. The average Bonchev–Trinajstić information content (AvgIpc) is 3.48. The third-order valence-electron chi connectivity index (χ3n) is 6.62. The van der Waals surface area contributed by atoms with Gasteiger partial charge >= 0.3 is 6.18 Å². The van der Waals surface area contributed by atoms with Crippen LogP contribution in [0.15, 0.2) is 30.5 Å². The normalized spacial score (nSPS) is 18.5. The van der Waals surface area contributed by atoms with Crippen molar-refractivity contribution in [2.75, 3.05) is 46.2 Å². The van der Waals surface area contributed by atoms with Gasteiger partial charge < -0.3 is 15.0 Å². The Kier molecular flexibility index (Phi) is 7.01. The molecule has 0 radical (unpaired) electrons. The maximum absolute atomic E-state index is 15.0. The summed E-state index contributed by atoms with van der Waals surface area (Å²) in [6.45, 7) is -0.466. The van der Waals surface area contributed by atoms with E-state index in [1.807, 2.05) is 0 Å². The molecule has 0 spiro atoms. The van der Waals surface area contributed by atoms with Crippen molar-refractivity contribution in [2.24, 2.45) is 0 Å². The van der Waals surface area contributed by atoms with E-state index >= 15 is 0 Å². The maximum Gasteiger partial charge on any atom is 0.408 e. The van der Waals surface area contributed by atoms with E-state index in [1.165, 1.54) is 16.5 Å². The lowest BCUT2D eigenvalue weighted by Gasteiger charge is -2.35. The largest absolute Gasteiger partial charge is 0.479 e. The molecule has 1 saturated heterocycles. The Morgan fingerprint density at radius 2 is 2.05 bits per heavy atom. The Balaban J connectivity index is 1.39. The molecule has 1 aliphatic heterocycles. The summed E-state index contributed by atoms with van der Waals surface area (Å²) in [5.41, 5.74) is 2.28. The van der Waals surface area contributed by atoms with Crippen molar-refractivity contribution in [1.82, 2.24) is 39.4 Å². The number of likely N-dealkylation sites (N-methyl/N-ethyl adjacent to an activating group) is 1. The Morgan fingerprint density at radius 3 is 2.74 bits per heavy atom. The zero-order valence-corrected chi connectivity index (χ0v) is 21.5. The van der Waals surface area contributed by atoms with Crippen LogP contribution in [0.25, 0.3) is 27.7 Å². The van der Waals surface area contributed by atoms with Crippen LogP contribution in [-0.4, -0.2) is 105 Å².